The van der Waals surface area contributed by atoms with E-state index in [1.165, 1.54) is 161 Å². The highest BCUT2D eigenvalue weighted by atomic mass is 16.6. The number of hydrogen-bond donors (Lipinski definition) is 0. The van der Waals surface area contributed by atoms with Crippen LogP contribution in [0.1, 0.15) is 252 Å². The van der Waals surface area contributed by atoms with Crippen molar-refractivity contribution in [3.05, 3.63) is 36.5 Å². The minimum Gasteiger partial charge on any atom is -0.462 e. The molecule has 0 bridgehead atoms. The molecule has 0 aliphatic heterocycles. The van der Waals surface area contributed by atoms with Crippen molar-refractivity contribution in [2.24, 2.45) is 0 Å². The van der Waals surface area contributed by atoms with Crippen LogP contribution in [0.3, 0.4) is 0 Å². The van der Waals surface area contributed by atoms with Gasteiger partial charge in [0.15, 0.2) is 6.10 Å². The van der Waals surface area contributed by atoms with E-state index in [0.29, 0.717) is 19.4 Å². The summed E-state index contributed by atoms with van der Waals surface area (Å²) in [5.74, 6) is -0.407. The molecule has 1 unspecified atom stereocenters. The Balaban J connectivity index is 4.22. The van der Waals surface area contributed by atoms with Gasteiger partial charge in [-0.25, -0.2) is 0 Å². The number of carbonyl (C=O) groups is 2. The van der Waals surface area contributed by atoms with Gasteiger partial charge in [-0.2, -0.15) is 0 Å². The zero-order valence-electron chi connectivity index (χ0n) is 37.7. The highest BCUT2D eigenvalue weighted by molar-refractivity contribution is 5.70. The average Bonchev–Trinajstić information content (AvgIpc) is 3.20. The highest BCUT2D eigenvalue weighted by Crippen LogP contribution is 2.14. The van der Waals surface area contributed by atoms with E-state index >= 15 is 0 Å². The maximum atomic E-state index is 12.7. The molecule has 0 aromatic heterocycles. The lowest BCUT2D eigenvalue weighted by atomic mass is 10.1. The standard InChI is InChI=1S/C51H94O5/c1-4-7-10-13-16-19-22-24-25-26-27-29-30-32-35-38-41-44-50(52)55-48-49(47-54-46-43-40-37-34-21-18-15-12-9-6-3)56-51(53)45-42-39-36-33-31-28-23-20-17-14-11-8-5-2/h16,19-20,23-25,49H,4-15,17-18,21-22,26-48H2,1-3H3/b19-16-,23-20-,25-24-. The Morgan fingerprint density at radius 2 is 0.750 bits per heavy atom. The fraction of sp³-hybridized carbons (Fsp3) is 0.843. The largest absolute Gasteiger partial charge is 0.462 e. The summed E-state index contributed by atoms with van der Waals surface area (Å²) < 4.78 is 17.3. The van der Waals surface area contributed by atoms with Crippen LogP contribution in [-0.4, -0.2) is 37.9 Å². The topological polar surface area (TPSA) is 61.8 Å². The quantitative estimate of drug-likeness (QED) is 0.0349. The van der Waals surface area contributed by atoms with Crippen LogP contribution in [0.25, 0.3) is 0 Å². The molecule has 328 valence electrons. The molecule has 0 N–H and O–H groups in total. The van der Waals surface area contributed by atoms with E-state index in [0.717, 1.165) is 57.8 Å². The molecule has 0 aliphatic rings. The number of rotatable bonds is 45. The Kier molecular flexibility index (Phi) is 45.9. The van der Waals surface area contributed by atoms with Gasteiger partial charge in [0.25, 0.3) is 0 Å². The van der Waals surface area contributed by atoms with Gasteiger partial charge in [0.2, 0.25) is 0 Å². The lowest BCUT2D eigenvalue weighted by Gasteiger charge is -2.18. The summed E-state index contributed by atoms with van der Waals surface area (Å²) in [6.07, 6.45) is 55.7. The number of carbonyl (C=O) groups excluding carboxylic acids is 2. The Bertz CT molecular complexity index is 893. The van der Waals surface area contributed by atoms with Crippen LogP contribution >= 0.6 is 0 Å². The van der Waals surface area contributed by atoms with Gasteiger partial charge in [-0.1, -0.05) is 198 Å². The molecule has 0 spiro atoms. The number of allylic oxidation sites excluding steroid dienone is 6. The summed E-state index contributed by atoms with van der Waals surface area (Å²) in [5.41, 5.74) is 0. The molecule has 0 aliphatic carbocycles. The molecule has 5 nitrogen and oxygen atoms in total. The monoisotopic (exact) mass is 787 g/mol. The van der Waals surface area contributed by atoms with Crippen LogP contribution < -0.4 is 0 Å². The van der Waals surface area contributed by atoms with E-state index in [4.69, 9.17) is 14.2 Å². The SMILES string of the molecule is CCCCC/C=C\C/C=C\CCCCCCCCCC(=O)OCC(COCCCCCCCCCCCC)OC(=O)CCCCCCC/C=C\CCCCCC. The zero-order valence-corrected chi connectivity index (χ0v) is 37.7. The predicted molar refractivity (Wildman–Crippen MR) is 242 cm³/mol. The number of esters is 2. The Morgan fingerprint density at radius 1 is 0.393 bits per heavy atom. The molecular formula is C51H94O5. The van der Waals surface area contributed by atoms with E-state index in [2.05, 4.69) is 57.2 Å². The van der Waals surface area contributed by atoms with Gasteiger partial charge in [0.05, 0.1) is 6.61 Å². The number of ether oxygens (including phenoxy) is 3. The van der Waals surface area contributed by atoms with Crippen molar-refractivity contribution in [2.75, 3.05) is 19.8 Å². The third kappa shape index (κ3) is 44.8. The summed E-state index contributed by atoms with van der Waals surface area (Å²) >= 11 is 0. The smallest absolute Gasteiger partial charge is 0.306 e. The van der Waals surface area contributed by atoms with Crippen molar-refractivity contribution in [1.82, 2.24) is 0 Å². The number of unbranched alkanes of at least 4 members (excludes halogenated alkanes) is 28. The molecule has 0 heterocycles. The van der Waals surface area contributed by atoms with Crippen molar-refractivity contribution in [1.29, 1.82) is 0 Å². The van der Waals surface area contributed by atoms with E-state index in [9.17, 15) is 9.59 Å². The summed E-state index contributed by atoms with van der Waals surface area (Å²) in [6, 6.07) is 0. The Morgan fingerprint density at radius 3 is 1.25 bits per heavy atom. The fourth-order valence-corrected chi connectivity index (χ4v) is 6.95. The van der Waals surface area contributed by atoms with Crippen molar-refractivity contribution in [2.45, 2.75) is 258 Å². The Hall–Kier alpha value is -1.88. The first-order valence-corrected chi connectivity index (χ1v) is 24.5. The first-order valence-electron chi connectivity index (χ1n) is 24.5. The van der Waals surface area contributed by atoms with Gasteiger partial charge in [0, 0.05) is 19.4 Å². The third-order valence-electron chi connectivity index (χ3n) is 10.6. The van der Waals surface area contributed by atoms with Crippen LogP contribution in [0.2, 0.25) is 0 Å². The molecule has 5 heteroatoms. The van der Waals surface area contributed by atoms with Crippen molar-refractivity contribution >= 4 is 11.9 Å². The van der Waals surface area contributed by atoms with Gasteiger partial charge >= 0.3 is 11.9 Å². The lowest BCUT2D eigenvalue weighted by Crippen LogP contribution is -2.30. The van der Waals surface area contributed by atoms with Gasteiger partial charge in [-0.3, -0.25) is 9.59 Å². The maximum absolute atomic E-state index is 12.7. The molecule has 56 heavy (non-hydrogen) atoms. The van der Waals surface area contributed by atoms with Crippen LogP contribution in [-0.2, 0) is 23.8 Å². The zero-order chi connectivity index (χ0) is 40.7. The molecule has 0 saturated heterocycles. The van der Waals surface area contributed by atoms with Crippen molar-refractivity contribution in [3.8, 4) is 0 Å². The van der Waals surface area contributed by atoms with Crippen LogP contribution in [0.4, 0.5) is 0 Å². The lowest BCUT2D eigenvalue weighted by molar-refractivity contribution is -0.163. The molecule has 0 amide bonds. The van der Waals surface area contributed by atoms with E-state index in [1.54, 1.807) is 0 Å². The Labute approximate surface area is 349 Å². The summed E-state index contributed by atoms with van der Waals surface area (Å²) in [6.45, 7) is 7.79. The second-order valence-corrected chi connectivity index (χ2v) is 16.4. The summed E-state index contributed by atoms with van der Waals surface area (Å²) in [4.78, 5) is 25.3. The maximum Gasteiger partial charge on any atom is 0.306 e. The first kappa shape index (κ1) is 54.1. The van der Waals surface area contributed by atoms with E-state index in [-0.39, 0.29) is 25.2 Å². The molecule has 0 fully saturated rings. The average molecular weight is 787 g/mol. The van der Waals surface area contributed by atoms with Gasteiger partial charge < -0.3 is 14.2 Å². The molecule has 0 radical (unpaired) electrons. The normalized spacial score (nSPS) is 12.4. The van der Waals surface area contributed by atoms with E-state index < -0.39 is 6.10 Å². The molecule has 0 aromatic carbocycles. The number of hydrogen-bond acceptors (Lipinski definition) is 5. The van der Waals surface area contributed by atoms with Gasteiger partial charge in [-0.05, 0) is 77.0 Å². The highest BCUT2D eigenvalue weighted by Gasteiger charge is 2.17. The molecule has 0 aromatic rings. The minimum absolute atomic E-state index is 0.0818. The van der Waals surface area contributed by atoms with Crippen LogP contribution in [0.15, 0.2) is 36.5 Å². The first-order chi connectivity index (χ1) is 27.6. The second-order valence-electron chi connectivity index (χ2n) is 16.4. The van der Waals surface area contributed by atoms with Crippen molar-refractivity contribution in [3.63, 3.8) is 0 Å². The van der Waals surface area contributed by atoms with E-state index in [1.807, 2.05) is 0 Å². The summed E-state index contributed by atoms with van der Waals surface area (Å²) in [5, 5.41) is 0. The van der Waals surface area contributed by atoms with Gasteiger partial charge in [-0.15, -0.1) is 0 Å². The third-order valence-corrected chi connectivity index (χ3v) is 10.6. The molecular weight excluding hydrogens is 693 g/mol. The molecule has 0 rings (SSSR count). The molecule has 0 saturated carbocycles. The van der Waals surface area contributed by atoms with Crippen LogP contribution in [0, 0.1) is 0 Å². The molecule has 1 atom stereocenters. The van der Waals surface area contributed by atoms with Crippen molar-refractivity contribution < 1.29 is 23.8 Å². The van der Waals surface area contributed by atoms with Gasteiger partial charge in [0.1, 0.15) is 6.61 Å². The summed E-state index contributed by atoms with van der Waals surface area (Å²) in [7, 11) is 0. The van der Waals surface area contributed by atoms with Crippen LogP contribution in [0.5, 0.6) is 0 Å². The predicted octanol–water partition coefficient (Wildman–Crippen LogP) is 16.2. The minimum atomic E-state index is -0.537. The second kappa shape index (κ2) is 47.5. The fourth-order valence-electron chi connectivity index (χ4n) is 6.95.